The Balaban J connectivity index is 0.962. The van der Waals surface area contributed by atoms with Crippen LogP contribution in [0.15, 0.2) is 232 Å². The highest BCUT2D eigenvalue weighted by Gasteiger charge is 2.24. The van der Waals surface area contributed by atoms with Crippen molar-refractivity contribution in [2.24, 2.45) is 0 Å². The molecule has 0 spiro atoms. The van der Waals surface area contributed by atoms with Gasteiger partial charge in [0.05, 0.1) is 0 Å². The highest BCUT2D eigenvalue weighted by atomic mass is 16.3. The van der Waals surface area contributed by atoms with Gasteiger partial charge in [0, 0.05) is 43.4 Å². The minimum absolute atomic E-state index is 0.857. The van der Waals surface area contributed by atoms with E-state index in [-0.39, 0.29) is 0 Å². The van der Waals surface area contributed by atoms with Crippen LogP contribution in [0.5, 0.6) is 0 Å². The lowest BCUT2D eigenvalue weighted by Gasteiger charge is -2.18. The summed E-state index contributed by atoms with van der Waals surface area (Å²) in [6, 6.07) is 78.4. The molecule has 0 radical (unpaired) electrons. The lowest BCUT2D eigenvalue weighted by atomic mass is 9.84. The average Bonchev–Trinajstić information content (AvgIpc) is 4.09. The second-order valence-electron chi connectivity index (χ2n) is 17.7. The minimum Gasteiger partial charge on any atom is -0.456 e. The van der Waals surface area contributed by atoms with Crippen LogP contribution in [-0.4, -0.2) is 0 Å². The van der Waals surface area contributed by atoms with Crippen molar-refractivity contribution in [2.45, 2.75) is 0 Å². The Bertz CT molecular complexity index is 4460. The van der Waals surface area contributed by atoms with E-state index in [9.17, 15) is 0 Å². The van der Waals surface area contributed by atoms with E-state index in [0.717, 1.165) is 88.1 Å². The first kappa shape index (κ1) is 36.4. The van der Waals surface area contributed by atoms with Gasteiger partial charge in [-0.3, -0.25) is 0 Å². The molecule has 0 aliphatic carbocycles. The summed E-state index contributed by atoms with van der Waals surface area (Å²) in [6.45, 7) is 0. The van der Waals surface area contributed by atoms with Gasteiger partial charge in [-0.15, -0.1) is 0 Å². The molecule has 3 nitrogen and oxygen atoms in total. The molecule has 0 aliphatic heterocycles. The number of rotatable bonds is 4. The zero-order chi connectivity index (χ0) is 43.7. The average molecular weight is 853 g/mol. The minimum atomic E-state index is 0.857. The monoisotopic (exact) mass is 852 g/mol. The SMILES string of the molecule is c1ccc2c(c1)oc1cccc(-c3c4ccccc4c(-c4ccc5c(c4)oc4c(-c6c7ccccc7c(-c7cccc8oc9ccccc9c78)c7ccccc67)cccc45)c4ccccc34)c12. The molecule has 67 heavy (non-hydrogen) atoms. The predicted octanol–water partition coefficient (Wildman–Crippen LogP) is 18.7. The van der Waals surface area contributed by atoms with E-state index in [1.165, 1.54) is 65.3 Å². The molecule has 310 valence electrons. The number of para-hydroxylation sites is 3. The van der Waals surface area contributed by atoms with E-state index in [2.05, 4.69) is 206 Å². The fraction of sp³-hybridized carbons (Fsp3) is 0. The van der Waals surface area contributed by atoms with Gasteiger partial charge in [-0.1, -0.05) is 182 Å². The van der Waals surface area contributed by atoms with Gasteiger partial charge in [-0.05, 0) is 113 Å². The maximum Gasteiger partial charge on any atom is 0.143 e. The summed E-state index contributed by atoms with van der Waals surface area (Å²) in [5, 5.41) is 16.2. The lowest BCUT2D eigenvalue weighted by Crippen LogP contribution is -1.91. The van der Waals surface area contributed by atoms with Crippen LogP contribution < -0.4 is 0 Å². The summed E-state index contributed by atoms with van der Waals surface area (Å²) in [5.41, 5.74) is 14.6. The Morgan fingerprint density at radius 3 is 1.04 bits per heavy atom. The molecule has 12 aromatic carbocycles. The third-order valence-electron chi connectivity index (χ3n) is 14.3. The number of benzene rings is 12. The molecule has 0 saturated heterocycles. The van der Waals surface area contributed by atoms with Crippen molar-refractivity contribution in [3.63, 3.8) is 0 Å². The molecular formula is C64H36O3. The zero-order valence-electron chi connectivity index (χ0n) is 36.0. The largest absolute Gasteiger partial charge is 0.456 e. The maximum atomic E-state index is 7.18. The van der Waals surface area contributed by atoms with E-state index in [1.807, 2.05) is 12.1 Å². The van der Waals surface area contributed by atoms with Gasteiger partial charge >= 0.3 is 0 Å². The molecule has 15 aromatic rings. The Kier molecular flexibility index (Phi) is 7.50. The van der Waals surface area contributed by atoms with Crippen molar-refractivity contribution in [3.05, 3.63) is 218 Å². The fourth-order valence-electron chi connectivity index (χ4n) is 11.6. The quantitative estimate of drug-likeness (QED) is 0.166. The van der Waals surface area contributed by atoms with Crippen LogP contribution in [0, 0.1) is 0 Å². The first-order valence-corrected chi connectivity index (χ1v) is 22.9. The molecule has 0 atom stereocenters. The van der Waals surface area contributed by atoms with Crippen LogP contribution >= 0.6 is 0 Å². The Hall–Kier alpha value is -8.92. The van der Waals surface area contributed by atoms with Crippen LogP contribution in [0.3, 0.4) is 0 Å². The third-order valence-corrected chi connectivity index (χ3v) is 14.3. The summed E-state index contributed by atoms with van der Waals surface area (Å²) >= 11 is 0. The van der Waals surface area contributed by atoms with E-state index in [1.54, 1.807) is 0 Å². The second kappa shape index (κ2) is 13.8. The standard InChI is InChI=1S/C64H36O3/c1-3-18-41-39(16-1)58(40-17-2-4-19-42(40)59(41)50-27-14-32-55-62(50)48-24-9-11-30-53(48)65-55)37-34-35-38-47-26-13-29-52(64(47)67-57(38)36-37)61-45-22-7-5-20-43(45)60(44-21-6-8-23-46(44)61)51-28-15-33-56-63(51)49-25-10-12-31-54(49)66-56/h1-36H. The van der Waals surface area contributed by atoms with Gasteiger partial charge in [0.15, 0.2) is 0 Å². The van der Waals surface area contributed by atoms with Crippen molar-refractivity contribution in [1.29, 1.82) is 0 Å². The topological polar surface area (TPSA) is 39.4 Å². The lowest BCUT2D eigenvalue weighted by molar-refractivity contribution is 0.668. The normalized spacial score (nSPS) is 12.2. The van der Waals surface area contributed by atoms with Gasteiger partial charge < -0.3 is 13.3 Å². The van der Waals surface area contributed by atoms with Crippen molar-refractivity contribution < 1.29 is 13.3 Å². The van der Waals surface area contributed by atoms with Gasteiger partial charge in [-0.25, -0.2) is 0 Å². The van der Waals surface area contributed by atoms with Crippen molar-refractivity contribution >= 4 is 109 Å². The van der Waals surface area contributed by atoms with E-state index < -0.39 is 0 Å². The van der Waals surface area contributed by atoms with Gasteiger partial charge in [-0.2, -0.15) is 0 Å². The first-order chi connectivity index (χ1) is 33.3. The smallest absolute Gasteiger partial charge is 0.143 e. The van der Waals surface area contributed by atoms with Crippen molar-refractivity contribution in [1.82, 2.24) is 0 Å². The predicted molar refractivity (Wildman–Crippen MR) is 280 cm³/mol. The molecule has 0 amide bonds. The Morgan fingerprint density at radius 2 is 0.567 bits per heavy atom. The van der Waals surface area contributed by atoms with E-state index in [0.29, 0.717) is 0 Å². The molecule has 0 bridgehead atoms. The molecule has 3 heterocycles. The molecule has 3 heteroatoms. The first-order valence-electron chi connectivity index (χ1n) is 22.9. The third kappa shape index (κ3) is 5.11. The maximum absolute atomic E-state index is 7.18. The molecule has 0 aliphatic rings. The summed E-state index contributed by atoms with van der Waals surface area (Å²) in [7, 11) is 0. The fourth-order valence-corrected chi connectivity index (χ4v) is 11.6. The number of furan rings is 3. The van der Waals surface area contributed by atoms with Crippen LogP contribution in [0.25, 0.3) is 153 Å². The summed E-state index contributed by atoms with van der Waals surface area (Å²) in [5.74, 6) is 0. The Labute approximate surface area is 383 Å². The molecule has 0 fully saturated rings. The second-order valence-corrected chi connectivity index (χ2v) is 17.7. The number of fused-ring (bicyclic) bond motifs is 13. The van der Waals surface area contributed by atoms with Crippen LogP contribution in [0.2, 0.25) is 0 Å². The molecule has 0 saturated carbocycles. The van der Waals surface area contributed by atoms with Crippen LogP contribution in [0.1, 0.15) is 0 Å². The molecular weight excluding hydrogens is 817 g/mol. The van der Waals surface area contributed by atoms with Crippen LogP contribution in [-0.2, 0) is 0 Å². The van der Waals surface area contributed by atoms with E-state index in [4.69, 9.17) is 13.3 Å². The van der Waals surface area contributed by atoms with Crippen molar-refractivity contribution in [3.8, 4) is 44.5 Å². The highest BCUT2D eigenvalue weighted by Crippen LogP contribution is 2.51. The van der Waals surface area contributed by atoms with Crippen LogP contribution in [0.4, 0.5) is 0 Å². The molecule has 0 N–H and O–H groups in total. The molecule has 0 unspecified atom stereocenters. The van der Waals surface area contributed by atoms with Gasteiger partial charge in [0.2, 0.25) is 0 Å². The van der Waals surface area contributed by atoms with Crippen molar-refractivity contribution in [2.75, 3.05) is 0 Å². The Morgan fingerprint density at radius 1 is 0.209 bits per heavy atom. The summed E-state index contributed by atoms with van der Waals surface area (Å²) in [6.07, 6.45) is 0. The molecule has 15 rings (SSSR count). The zero-order valence-corrected chi connectivity index (χ0v) is 36.0. The summed E-state index contributed by atoms with van der Waals surface area (Å²) in [4.78, 5) is 0. The number of hydrogen-bond donors (Lipinski definition) is 0. The highest BCUT2D eigenvalue weighted by molar-refractivity contribution is 6.29. The summed E-state index contributed by atoms with van der Waals surface area (Å²) < 4.78 is 20.0. The van der Waals surface area contributed by atoms with Gasteiger partial charge in [0.25, 0.3) is 0 Å². The van der Waals surface area contributed by atoms with E-state index >= 15 is 0 Å². The van der Waals surface area contributed by atoms with Gasteiger partial charge in [0.1, 0.15) is 33.5 Å². The number of hydrogen-bond acceptors (Lipinski definition) is 3. The molecule has 3 aromatic heterocycles.